The number of carbonyl (C=O) groups is 1. The van der Waals surface area contributed by atoms with Gasteiger partial charge < -0.3 is 10.6 Å². The molecule has 0 saturated heterocycles. The Morgan fingerprint density at radius 3 is 2.84 bits per heavy atom. The van der Waals surface area contributed by atoms with Crippen molar-refractivity contribution in [2.75, 3.05) is 17.6 Å². The van der Waals surface area contributed by atoms with Crippen molar-refractivity contribution < 1.29 is 4.79 Å². The zero-order valence-corrected chi connectivity index (χ0v) is 12.8. The molecule has 0 spiro atoms. The van der Waals surface area contributed by atoms with Crippen LogP contribution in [-0.4, -0.2) is 33.9 Å². The van der Waals surface area contributed by atoms with E-state index in [2.05, 4.69) is 20.8 Å². The number of hydrogen-bond acceptors (Lipinski definition) is 7. The summed E-state index contributed by atoms with van der Waals surface area (Å²) in [5.41, 5.74) is -0.0594. The van der Waals surface area contributed by atoms with Crippen molar-refractivity contribution in [2.45, 2.75) is 37.1 Å². The summed E-state index contributed by atoms with van der Waals surface area (Å²) < 4.78 is 0.752. The summed E-state index contributed by atoms with van der Waals surface area (Å²) in [6.45, 7) is 6.53. The first kappa shape index (κ1) is 15.7. The van der Waals surface area contributed by atoms with E-state index in [1.54, 1.807) is 0 Å². The lowest BCUT2D eigenvalue weighted by Gasteiger charge is -2.18. The molecule has 0 saturated carbocycles. The quantitative estimate of drug-likeness (QED) is 0.615. The van der Waals surface area contributed by atoms with Gasteiger partial charge in [-0.05, 0) is 20.8 Å². The fourth-order valence-corrected chi connectivity index (χ4v) is 2.87. The van der Waals surface area contributed by atoms with E-state index in [4.69, 9.17) is 5.26 Å². The van der Waals surface area contributed by atoms with Crippen molar-refractivity contribution in [3.05, 3.63) is 0 Å². The van der Waals surface area contributed by atoms with Crippen LogP contribution < -0.4 is 10.6 Å². The molecule has 0 bridgehead atoms. The lowest BCUT2D eigenvalue weighted by molar-refractivity contribution is -0.118. The molecule has 0 aliphatic heterocycles. The van der Waals surface area contributed by atoms with E-state index in [9.17, 15) is 4.79 Å². The van der Waals surface area contributed by atoms with Crippen LogP contribution in [0.3, 0.4) is 0 Å². The molecule has 0 unspecified atom stereocenters. The predicted molar refractivity (Wildman–Crippen MR) is 77.2 cm³/mol. The van der Waals surface area contributed by atoms with E-state index < -0.39 is 0 Å². The SMILES string of the molecule is CC(C)(C)Nc1nnc(SCC(=O)NCCC#N)s1. The van der Waals surface area contributed by atoms with Crippen molar-refractivity contribution in [3.63, 3.8) is 0 Å². The molecule has 0 aromatic carbocycles. The molecular formula is C11H17N5OS2. The fourth-order valence-electron chi connectivity index (χ4n) is 1.08. The molecule has 1 amide bonds. The summed E-state index contributed by atoms with van der Waals surface area (Å²) in [7, 11) is 0. The Morgan fingerprint density at radius 1 is 1.47 bits per heavy atom. The van der Waals surface area contributed by atoms with Crippen LogP contribution in [0.4, 0.5) is 5.13 Å². The first-order chi connectivity index (χ1) is 8.90. The van der Waals surface area contributed by atoms with Gasteiger partial charge in [-0.25, -0.2) is 0 Å². The number of aromatic nitrogens is 2. The first-order valence-corrected chi connectivity index (χ1v) is 7.59. The summed E-state index contributed by atoms with van der Waals surface area (Å²) >= 11 is 2.77. The molecule has 2 N–H and O–H groups in total. The minimum Gasteiger partial charge on any atom is -0.355 e. The normalized spacial score (nSPS) is 10.8. The summed E-state index contributed by atoms with van der Waals surface area (Å²) in [5.74, 6) is 0.191. The third-order valence-electron chi connectivity index (χ3n) is 1.77. The van der Waals surface area contributed by atoms with Crippen molar-refractivity contribution in [3.8, 4) is 6.07 Å². The number of thioether (sulfide) groups is 1. The van der Waals surface area contributed by atoms with Gasteiger partial charge in [0.05, 0.1) is 18.2 Å². The van der Waals surface area contributed by atoms with E-state index in [1.807, 2.05) is 26.8 Å². The number of anilines is 1. The van der Waals surface area contributed by atoms with Crippen LogP contribution >= 0.6 is 23.1 Å². The van der Waals surface area contributed by atoms with Gasteiger partial charge in [0.15, 0.2) is 4.34 Å². The zero-order valence-electron chi connectivity index (χ0n) is 11.2. The van der Waals surface area contributed by atoms with Gasteiger partial charge >= 0.3 is 0 Å². The monoisotopic (exact) mass is 299 g/mol. The molecule has 0 fully saturated rings. The van der Waals surface area contributed by atoms with Gasteiger partial charge in [-0.1, -0.05) is 23.1 Å². The molecule has 0 radical (unpaired) electrons. The molecule has 1 aromatic heterocycles. The van der Waals surface area contributed by atoms with Gasteiger partial charge in [0.25, 0.3) is 0 Å². The van der Waals surface area contributed by atoms with Crippen LogP contribution in [0.25, 0.3) is 0 Å². The summed E-state index contributed by atoms with van der Waals surface area (Å²) in [4.78, 5) is 11.4. The third kappa shape index (κ3) is 6.98. The number of hydrogen-bond donors (Lipinski definition) is 2. The van der Waals surface area contributed by atoms with Crippen LogP contribution in [0, 0.1) is 11.3 Å². The summed E-state index contributed by atoms with van der Waals surface area (Å²) in [6, 6.07) is 1.97. The van der Waals surface area contributed by atoms with Gasteiger partial charge in [-0.2, -0.15) is 5.26 Å². The lowest BCUT2D eigenvalue weighted by Crippen LogP contribution is -2.25. The second kappa shape index (κ2) is 7.31. The van der Waals surface area contributed by atoms with Crippen LogP contribution in [0.1, 0.15) is 27.2 Å². The molecule has 1 aromatic rings. The Kier molecular flexibility index (Phi) is 6.05. The molecule has 0 aliphatic carbocycles. The zero-order chi connectivity index (χ0) is 14.3. The standard InChI is InChI=1S/C11H17N5OS2/c1-11(2,3)14-9-15-16-10(19-9)18-7-8(17)13-6-4-5-12/h4,6-7H2,1-3H3,(H,13,17)(H,14,15). The number of nitrogens with zero attached hydrogens (tertiary/aromatic N) is 3. The third-order valence-corrected chi connectivity index (χ3v) is 3.75. The Bertz CT molecular complexity index is 460. The molecular weight excluding hydrogens is 282 g/mol. The topological polar surface area (TPSA) is 90.7 Å². The van der Waals surface area contributed by atoms with Crippen LogP contribution in [0.2, 0.25) is 0 Å². The number of amides is 1. The average molecular weight is 299 g/mol. The number of nitrogens with one attached hydrogen (secondary N) is 2. The van der Waals surface area contributed by atoms with E-state index in [1.165, 1.54) is 23.1 Å². The Morgan fingerprint density at radius 2 is 2.21 bits per heavy atom. The Balaban J connectivity index is 2.34. The number of nitriles is 1. The van der Waals surface area contributed by atoms with E-state index in [0.29, 0.717) is 13.0 Å². The maximum absolute atomic E-state index is 11.4. The van der Waals surface area contributed by atoms with E-state index in [-0.39, 0.29) is 17.2 Å². The predicted octanol–water partition coefficient (Wildman–Crippen LogP) is 1.87. The van der Waals surface area contributed by atoms with Crippen molar-refractivity contribution >= 4 is 34.1 Å². The molecule has 0 aliphatic rings. The van der Waals surface area contributed by atoms with Gasteiger partial charge in [-0.15, -0.1) is 10.2 Å². The fraction of sp³-hybridized carbons (Fsp3) is 0.636. The van der Waals surface area contributed by atoms with Crippen molar-refractivity contribution in [2.24, 2.45) is 0 Å². The minimum absolute atomic E-state index is 0.0594. The van der Waals surface area contributed by atoms with Crippen LogP contribution in [-0.2, 0) is 4.79 Å². The molecule has 104 valence electrons. The van der Waals surface area contributed by atoms with Crippen molar-refractivity contribution in [1.82, 2.24) is 15.5 Å². The molecule has 8 heteroatoms. The molecule has 1 heterocycles. The average Bonchev–Trinajstić information content (AvgIpc) is 2.72. The highest BCUT2D eigenvalue weighted by molar-refractivity contribution is 8.01. The largest absolute Gasteiger partial charge is 0.355 e. The Hall–Kier alpha value is -1.33. The highest BCUT2D eigenvalue weighted by Gasteiger charge is 2.13. The Labute approximate surface area is 121 Å². The van der Waals surface area contributed by atoms with Gasteiger partial charge in [0, 0.05) is 12.1 Å². The molecule has 6 nitrogen and oxygen atoms in total. The number of rotatable bonds is 6. The van der Waals surface area contributed by atoms with Gasteiger partial charge in [-0.3, -0.25) is 4.79 Å². The maximum Gasteiger partial charge on any atom is 0.230 e. The second-order valence-electron chi connectivity index (χ2n) is 4.79. The number of carbonyl (C=O) groups excluding carboxylic acids is 1. The molecule has 19 heavy (non-hydrogen) atoms. The van der Waals surface area contributed by atoms with Gasteiger partial charge in [0.2, 0.25) is 11.0 Å². The van der Waals surface area contributed by atoms with Crippen LogP contribution in [0.5, 0.6) is 0 Å². The molecule has 1 rings (SSSR count). The second-order valence-corrected chi connectivity index (χ2v) is 6.99. The van der Waals surface area contributed by atoms with E-state index >= 15 is 0 Å². The lowest BCUT2D eigenvalue weighted by atomic mass is 10.1. The van der Waals surface area contributed by atoms with Crippen molar-refractivity contribution in [1.29, 1.82) is 5.26 Å². The highest BCUT2D eigenvalue weighted by atomic mass is 32.2. The van der Waals surface area contributed by atoms with Crippen LogP contribution in [0.15, 0.2) is 4.34 Å². The maximum atomic E-state index is 11.4. The van der Waals surface area contributed by atoms with E-state index in [0.717, 1.165) is 9.47 Å². The highest BCUT2D eigenvalue weighted by Crippen LogP contribution is 2.26. The minimum atomic E-state index is -0.0965. The first-order valence-electron chi connectivity index (χ1n) is 5.79. The summed E-state index contributed by atoms with van der Waals surface area (Å²) in [5, 5.41) is 23.0. The smallest absolute Gasteiger partial charge is 0.230 e. The molecule has 0 atom stereocenters. The summed E-state index contributed by atoms with van der Waals surface area (Å²) in [6.07, 6.45) is 0.328. The van der Waals surface area contributed by atoms with Gasteiger partial charge in [0.1, 0.15) is 0 Å².